The fraction of sp³-hybridized carbons (Fsp3) is 0.200. The Morgan fingerprint density at radius 1 is 1.38 bits per heavy atom. The van der Waals surface area contributed by atoms with E-state index in [1.54, 1.807) is 0 Å². The SMILES string of the molecule is CC(c1ccc(Cl)cc1)N(C)c1ncc(C(=O)O)cc1N. The standard InChI is InChI=1S/C15H16ClN3O2/c1-9(10-3-5-12(16)6-4-10)19(2)14-13(17)7-11(8-18-14)15(20)21/h3-9H,17H2,1-2H3,(H,20,21). The van der Waals surface area contributed by atoms with E-state index in [0.29, 0.717) is 16.5 Å². The van der Waals surface area contributed by atoms with Crippen LogP contribution in [0.3, 0.4) is 0 Å². The van der Waals surface area contributed by atoms with Crippen molar-refractivity contribution in [3.8, 4) is 0 Å². The Balaban J connectivity index is 2.28. The zero-order chi connectivity index (χ0) is 15.6. The lowest BCUT2D eigenvalue weighted by atomic mass is 10.1. The van der Waals surface area contributed by atoms with Gasteiger partial charge < -0.3 is 15.7 Å². The Labute approximate surface area is 128 Å². The van der Waals surface area contributed by atoms with Crippen LogP contribution in [0.25, 0.3) is 0 Å². The van der Waals surface area contributed by atoms with E-state index < -0.39 is 5.97 Å². The smallest absolute Gasteiger partial charge is 0.337 e. The molecule has 0 saturated heterocycles. The van der Waals surface area contributed by atoms with Crippen molar-refractivity contribution < 1.29 is 9.90 Å². The molecule has 21 heavy (non-hydrogen) atoms. The molecule has 1 heterocycles. The Kier molecular flexibility index (Phi) is 4.33. The number of benzene rings is 1. The highest BCUT2D eigenvalue weighted by Gasteiger charge is 2.17. The molecule has 3 N–H and O–H groups in total. The van der Waals surface area contributed by atoms with Crippen LogP contribution in [0, 0.1) is 0 Å². The molecule has 0 spiro atoms. The highest BCUT2D eigenvalue weighted by atomic mass is 35.5. The van der Waals surface area contributed by atoms with Gasteiger partial charge in [0.05, 0.1) is 17.3 Å². The first kappa shape index (κ1) is 15.1. The van der Waals surface area contributed by atoms with Crippen LogP contribution in [0.15, 0.2) is 36.5 Å². The number of aromatic carboxylic acids is 1. The molecule has 0 aliphatic heterocycles. The third kappa shape index (κ3) is 3.25. The van der Waals surface area contributed by atoms with E-state index in [1.807, 2.05) is 43.1 Å². The number of nitrogens with zero attached hydrogens (tertiary/aromatic N) is 2. The summed E-state index contributed by atoms with van der Waals surface area (Å²) in [5.41, 5.74) is 7.38. The fourth-order valence-corrected chi connectivity index (χ4v) is 2.16. The molecule has 1 aromatic carbocycles. The van der Waals surface area contributed by atoms with Crippen molar-refractivity contribution in [2.75, 3.05) is 17.7 Å². The molecule has 6 heteroatoms. The average molecular weight is 306 g/mol. The number of hydrogen-bond donors (Lipinski definition) is 2. The van der Waals surface area contributed by atoms with Crippen LogP contribution in [-0.2, 0) is 0 Å². The average Bonchev–Trinajstić information content (AvgIpc) is 2.46. The second-order valence-electron chi connectivity index (χ2n) is 4.78. The number of nitrogen functional groups attached to an aromatic ring is 1. The summed E-state index contributed by atoms with van der Waals surface area (Å²) in [6.07, 6.45) is 1.30. The molecule has 2 aromatic rings. The molecule has 2 rings (SSSR count). The number of carboxylic acid groups (broad SMARTS) is 1. The second-order valence-corrected chi connectivity index (χ2v) is 5.22. The fourth-order valence-electron chi connectivity index (χ4n) is 2.03. The summed E-state index contributed by atoms with van der Waals surface area (Å²) in [6, 6.07) is 8.96. The Morgan fingerprint density at radius 3 is 2.52 bits per heavy atom. The molecule has 1 atom stereocenters. The van der Waals surface area contributed by atoms with Gasteiger partial charge in [0.25, 0.3) is 0 Å². The van der Waals surface area contributed by atoms with Crippen LogP contribution in [0.5, 0.6) is 0 Å². The molecule has 1 unspecified atom stereocenters. The third-order valence-electron chi connectivity index (χ3n) is 3.41. The number of pyridine rings is 1. The van der Waals surface area contributed by atoms with Gasteiger partial charge in [-0.15, -0.1) is 0 Å². The molecule has 0 aliphatic rings. The van der Waals surface area contributed by atoms with Crippen LogP contribution < -0.4 is 10.6 Å². The van der Waals surface area contributed by atoms with Crippen molar-refractivity contribution >= 4 is 29.1 Å². The van der Waals surface area contributed by atoms with E-state index in [4.69, 9.17) is 22.4 Å². The summed E-state index contributed by atoms with van der Waals surface area (Å²) in [5.74, 6) is -0.503. The number of aromatic nitrogens is 1. The summed E-state index contributed by atoms with van der Waals surface area (Å²) in [6.45, 7) is 2.01. The van der Waals surface area contributed by atoms with Gasteiger partial charge in [-0.2, -0.15) is 0 Å². The molecule has 0 fully saturated rings. The van der Waals surface area contributed by atoms with Crippen molar-refractivity contribution in [3.05, 3.63) is 52.7 Å². The van der Waals surface area contributed by atoms with Gasteiger partial charge in [-0.1, -0.05) is 23.7 Å². The summed E-state index contributed by atoms with van der Waals surface area (Å²) < 4.78 is 0. The molecular formula is C15H16ClN3O2. The third-order valence-corrected chi connectivity index (χ3v) is 3.66. The first-order chi connectivity index (χ1) is 9.90. The summed E-state index contributed by atoms with van der Waals surface area (Å²) in [5, 5.41) is 9.61. The first-order valence-electron chi connectivity index (χ1n) is 6.37. The largest absolute Gasteiger partial charge is 0.478 e. The molecule has 0 bridgehead atoms. The van der Waals surface area contributed by atoms with Gasteiger partial charge in [0.1, 0.15) is 0 Å². The summed E-state index contributed by atoms with van der Waals surface area (Å²) >= 11 is 5.88. The number of carbonyl (C=O) groups is 1. The van der Waals surface area contributed by atoms with E-state index >= 15 is 0 Å². The molecule has 1 aromatic heterocycles. The van der Waals surface area contributed by atoms with E-state index in [-0.39, 0.29) is 11.6 Å². The summed E-state index contributed by atoms with van der Waals surface area (Å²) in [7, 11) is 1.86. The highest BCUT2D eigenvalue weighted by Crippen LogP contribution is 2.28. The topological polar surface area (TPSA) is 79.5 Å². The van der Waals surface area contributed by atoms with Gasteiger partial charge in [0, 0.05) is 18.3 Å². The minimum absolute atomic E-state index is 0.0211. The van der Waals surface area contributed by atoms with Gasteiger partial charge in [-0.05, 0) is 30.7 Å². The summed E-state index contributed by atoms with van der Waals surface area (Å²) in [4.78, 5) is 17.0. The molecule has 110 valence electrons. The van der Waals surface area contributed by atoms with Crippen molar-refractivity contribution in [1.82, 2.24) is 4.98 Å². The normalized spacial score (nSPS) is 12.0. The minimum Gasteiger partial charge on any atom is -0.478 e. The molecule has 5 nitrogen and oxygen atoms in total. The predicted octanol–water partition coefficient (Wildman–Crippen LogP) is 3.21. The van der Waals surface area contributed by atoms with E-state index in [1.165, 1.54) is 12.3 Å². The van der Waals surface area contributed by atoms with Crippen LogP contribution in [-0.4, -0.2) is 23.1 Å². The second kappa shape index (κ2) is 6.01. The zero-order valence-electron chi connectivity index (χ0n) is 11.7. The quantitative estimate of drug-likeness (QED) is 0.906. The molecule has 0 radical (unpaired) electrons. The van der Waals surface area contributed by atoms with Crippen LogP contribution >= 0.6 is 11.6 Å². The predicted molar refractivity (Wildman–Crippen MR) is 83.9 cm³/mol. The van der Waals surface area contributed by atoms with Crippen molar-refractivity contribution in [3.63, 3.8) is 0 Å². The maximum Gasteiger partial charge on any atom is 0.337 e. The lowest BCUT2D eigenvalue weighted by molar-refractivity contribution is 0.0696. The number of nitrogens with two attached hydrogens (primary N) is 1. The van der Waals surface area contributed by atoms with Crippen molar-refractivity contribution in [2.24, 2.45) is 0 Å². The van der Waals surface area contributed by atoms with Gasteiger partial charge in [0.15, 0.2) is 5.82 Å². The molecule has 0 amide bonds. The van der Waals surface area contributed by atoms with E-state index in [9.17, 15) is 4.79 Å². The van der Waals surface area contributed by atoms with Gasteiger partial charge in [0.2, 0.25) is 0 Å². The first-order valence-corrected chi connectivity index (χ1v) is 6.75. The maximum atomic E-state index is 10.9. The minimum atomic E-state index is -1.05. The number of rotatable bonds is 4. The van der Waals surface area contributed by atoms with Crippen LogP contribution in [0.1, 0.15) is 28.9 Å². The van der Waals surface area contributed by atoms with Crippen LogP contribution in [0.2, 0.25) is 5.02 Å². The molecule has 0 aliphatic carbocycles. The number of anilines is 2. The number of hydrogen-bond acceptors (Lipinski definition) is 4. The van der Waals surface area contributed by atoms with Gasteiger partial charge in [-0.3, -0.25) is 0 Å². The van der Waals surface area contributed by atoms with Crippen LogP contribution in [0.4, 0.5) is 11.5 Å². The Bertz CT molecular complexity index is 658. The van der Waals surface area contributed by atoms with Crippen molar-refractivity contribution in [2.45, 2.75) is 13.0 Å². The number of carboxylic acids is 1. The number of halogens is 1. The van der Waals surface area contributed by atoms with E-state index in [0.717, 1.165) is 5.56 Å². The highest BCUT2D eigenvalue weighted by molar-refractivity contribution is 6.30. The molecular weight excluding hydrogens is 290 g/mol. The maximum absolute atomic E-state index is 10.9. The Morgan fingerprint density at radius 2 is 2.00 bits per heavy atom. The van der Waals surface area contributed by atoms with Crippen molar-refractivity contribution in [1.29, 1.82) is 0 Å². The lowest BCUT2D eigenvalue weighted by Crippen LogP contribution is -2.24. The van der Waals surface area contributed by atoms with E-state index in [2.05, 4.69) is 4.98 Å². The Hall–Kier alpha value is -2.27. The van der Waals surface area contributed by atoms with Gasteiger partial charge >= 0.3 is 5.97 Å². The van der Waals surface area contributed by atoms with Gasteiger partial charge in [-0.25, -0.2) is 9.78 Å². The molecule has 0 saturated carbocycles. The zero-order valence-corrected chi connectivity index (χ0v) is 12.5. The lowest BCUT2D eigenvalue weighted by Gasteiger charge is -2.27. The monoisotopic (exact) mass is 305 g/mol.